The molecule has 0 bridgehead atoms. The first-order valence-corrected chi connectivity index (χ1v) is 8.29. The summed E-state index contributed by atoms with van der Waals surface area (Å²) in [6, 6.07) is 12.3. The number of aromatic nitrogens is 3. The summed E-state index contributed by atoms with van der Waals surface area (Å²) < 4.78 is 5.47. The zero-order chi connectivity index (χ0) is 16.4. The van der Waals surface area contributed by atoms with Crippen molar-refractivity contribution in [2.24, 2.45) is 0 Å². The van der Waals surface area contributed by atoms with Crippen molar-refractivity contribution in [3.05, 3.63) is 59.7 Å². The van der Waals surface area contributed by atoms with Gasteiger partial charge in [0.25, 0.3) is 0 Å². The van der Waals surface area contributed by atoms with E-state index in [9.17, 15) is 0 Å². The van der Waals surface area contributed by atoms with Crippen LogP contribution in [-0.2, 0) is 11.3 Å². The smallest absolute Gasteiger partial charge is 0.130 e. The van der Waals surface area contributed by atoms with Crippen LogP contribution in [0.3, 0.4) is 0 Å². The Morgan fingerprint density at radius 3 is 3.00 bits per heavy atom. The molecule has 1 N–H and O–H groups in total. The van der Waals surface area contributed by atoms with Crippen molar-refractivity contribution in [2.75, 3.05) is 18.5 Å². The van der Waals surface area contributed by atoms with E-state index < -0.39 is 0 Å². The van der Waals surface area contributed by atoms with Gasteiger partial charge in [0.1, 0.15) is 11.6 Å². The first kappa shape index (κ1) is 15.0. The molecule has 1 aliphatic rings. The van der Waals surface area contributed by atoms with Gasteiger partial charge in [0.2, 0.25) is 0 Å². The largest absolute Gasteiger partial charge is 0.381 e. The summed E-state index contributed by atoms with van der Waals surface area (Å²) in [5.41, 5.74) is 3.22. The van der Waals surface area contributed by atoms with Crippen LogP contribution in [0.1, 0.15) is 29.4 Å². The molecule has 1 aliphatic heterocycles. The van der Waals surface area contributed by atoms with Crippen LogP contribution >= 0.6 is 0 Å². The van der Waals surface area contributed by atoms with Gasteiger partial charge in [-0.3, -0.25) is 4.98 Å². The van der Waals surface area contributed by atoms with Crippen molar-refractivity contribution < 1.29 is 4.74 Å². The van der Waals surface area contributed by atoms with Crippen molar-refractivity contribution in [3.8, 4) is 0 Å². The van der Waals surface area contributed by atoms with Gasteiger partial charge in [-0.05, 0) is 31.0 Å². The molecule has 0 saturated carbocycles. The van der Waals surface area contributed by atoms with E-state index in [4.69, 9.17) is 4.74 Å². The number of para-hydroxylation sites is 1. The summed E-state index contributed by atoms with van der Waals surface area (Å²) in [5.74, 6) is 2.03. The van der Waals surface area contributed by atoms with Crippen LogP contribution in [0.2, 0.25) is 0 Å². The second kappa shape index (κ2) is 6.53. The van der Waals surface area contributed by atoms with Crippen LogP contribution in [-0.4, -0.2) is 28.2 Å². The number of aryl methyl sites for hydroxylation is 1. The zero-order valence-corrected chi connectivity index (χ0v) is 13.7. The lowest BCUT2D eigenvalue weighted by atomic mass is 10.0. The van der Waals surface area contributed by atoms with E-state index >= 15 is 0 Å². The fraction of sp³-hybridized carbons (Fsp3) is 0.316. The highest BCUT2D eigenvalue weighted by molar-refractivity contribution is 5.78. The summed E-state index contributed by atoms with van der Waals surface area (Å²) >= 11 is 0. The minimum absolute atomic E-state index is 0.384. The Morgan fingerprint density at radius 1 is 1.21 bits per heavy atom. The van der Waals surface area contributed by atoms with Crippen molar-refractivity contribution in [3.63, 3.8) is 0 Å². The second-order valence-electron chi connectivity index (χ2n) is 6.18. The van der Waals surface area contributed by atoms with E-state index in [2.05, 4.69) is 32.4 Å². The Bertz CT molecular complexity index is 859. The lowest BCUT2D eigenvalue weighted by Gasteiger charge is -2.12. The predicted molar refractivity (Wildman–Crippen MR) is 94.0 cm³/mol. The number of anilines is 1. The summed E-state index contributed by atoms with van der Waals surface area (Å²) in [4.78, 5) is 13.6. The molecule has 3 aromatic rings. The summed E-state index contributed by atoms with van der Waals surface area (Å²) in [5, 5.41) is 4.55. The van der Waals surface area contributed by atoms with E-state index in [-0.39, 0.29) is 0 Å². The number of pyridine rings is 1. The number of fused-ring (bicyclic) bond motifs is 1. The fourth-order valence-corrected chi connectivity index (χ4v) is 3.06. The SMILES string of the molecule is Cc1nc(NCc2cnc3ccccc3c2)cc([C@H]2CCOC2)n1. The Morgan fingerprint density at radius 2 is 2.12 bits per heavy atom. The van der Waals surface area contributed by atoms with E-state index in [1.807, 2.05) is 37.4 Å². The third kappa shape index (κ3) is 3.21. The molecule has 0 radical (unpaired) electrons. The molecular weight excluding hydrogens is 300 g/mol. The highest BCUT2D eigenvalue weighted by Crippen LogP contribution is 2.25. The Kier molecular flexibility index (Phi) is 4.09. The van der Waals surface area contributed by atoms with Gasteiger partial charge >= 0.3 is 0 Å². The molecule has 5 nitrogen and oxygen atoms in total. The van der Waals surface area contributed by atoms with Crippen LogP contribution in [0.4, 0.5) is 5.82 Å². The minimum Gasteiger partial charge on any atom is -0.381 e. The molecule has 1 aromatic carbocycles. The lowest BCUT2D eigenvalue weighted by Crippen LogP contribution is -2.08. The molecule has 2 aromatic heterocycles. The maximum Gasteiger partial charge on any atom is 0.130 e. The number of hydrogen-bond donors (Lipinski definition) is 1. The highest BCUT2D eigenvalue weighted by atomic mass is 16.5. The molecule has 1 fully saturated rings. The number of nitrogens with zero attached hydrogens (tertiary/aromatic N) is 3. The van der Waals surface area contributed by atoms with Crippen LogP contribution in [0.25, 0.3) is 10.9 Å². The normalized spacial score (nSPS) is 17.3. The number of rotatable bonds is 4. The fourth-order valence-electron chi connectivity index (χ4n) is 3.06. The number of benzene rings is 1. The zero-order valence-electron chi connectivity index (χ0n) is 13.7. The minimum atomic E-state index is 0.384. The highest BCUT2D eigenvalue weighted by Gasteiger charge is 2.20. The van der Waals surface area contributed by atoms with Crippen LogP contribution < -0.4 is 5.32 Å². The van der Waals surface area contributed by atoms with Gasteiger partial charge < -0.3 is 10.1 Å². The molecule has 1 saturated heterocycles. The molecule has 3 heterocycles. The van der Waals surface area contributed by atoms with Crippen molar-refractivity contribution >= 4 is 16.7 Å². The van der Waals surface area contributed by atoms with Crippen molar-refractivity contribution in [1.29, 1.82) is 0 Å². The van der Waals surface area contributed by atoms with Crippen molar-refractivity contribution in [2.45, 2.75) is 25.8 Å². The van der Waals surface area contributed by atoms with Crippen LogP contribution in [0.15, 0.2) is 42.6 Å². The topological polar surface area (TPSA) is 59.9 Å². The molecule has 0 amide bonds. The Hall–Kier alpha value is -2.53. The number of nitrogens with one attached hydrogen (secondary N) is 1. The van der Waals surface area contributed by atoms with Crippen molar-refractivity contribution in [1.82, 2.24) is 15.0 Å². The van der Waals surface area contributed by atoms with Gasteiger partial charge in [-0.2, -0.15) is 0 Å². The monoisotopic (exact) mass is 320 g/mol. The molecular formula is C19H20N4O. The first-order chi connectivity index (χ1) is 11.8. The van der Waals surface area contributed by atoms with E-state index in [0.29, 0.717) is 12.5 Å². The van der Waals surface area contributed by atoms with Crippen LogP contribution in [0.5, 0.6) is 0 Å². The van der Waals surface area contributed by atoms with Gasteiger partial charge in [-0.15, -0.1) is 0 Å². The van der Waals surface area contributed by atoms with Gasteiger partial charge in [0.05, 0.1) is 17.8 Å². The number of ether oxygens (including phenoxy) is 1. The van der Waals surface area contributed by atoms with Gasteiger partial charge in [0, 0.05) is 36.7 Å². The number of hydrogen-bond acceptors (Lipinski definition) is 5. The molecule has 122 valence electrons. The first-order valence-electron chi connectivity index (χ1n) is 8.29. The maximum absolute atomic E-state index is 5.47. The standard InChI is InChI=1S/C19H20N4O/c1-13-22-18(16-6-7-24-12-16)9-19(23-13)21-11-14-8-15-4-2-3-5-17(15)20-10-14/h2-5,8-10,16H,6-7,11-12H2,1H3,(H,21,22,23)/t16-/m0/s1. The molecule has 0 spiro atoms. The second-order valence-corrected chi connectivity index (χ2v) is 6.18. The molecule has 4 rings (SSSR count). The average Bonchev–Trinajstić information content (AvgIpc) is 3.14. The van der Waals surface area contributed by atoms with Crippen LogP contribution in [0, 0.1) is 6.92 Å². The molecule has 1 atom stereocenters. The lowest BCUT2D eigenvalue weighted by molar-refractivity contribution is 0.193. The predicted octanol–water partition coefficient (Wildman–Crippen LogP) is 3.45. The molecule has 0 unspecified atom stereocenters. The van der Waals surface area contributed by atoms with Gasteiger partial charge in [-0.1, -0.05) is 18.2 Å². The molecule has 5 heteroatoms. The van der Waals surface area contributed by atoms with E-state index in [1.54, 1.807) is 0 Å². The molecule has 24 heavy (non-hydrogen) atoms. The van der Waals surface area contributed by atoms with E-state index in [1.165, 1.54) is 0 Å². The summed E-state index contributed by atoms with van der Waals surface area (Å²) in [7, 11) is 0. The Balaban J connectivity index is 1.51. The molecule has 0 aliphatic carbocycles. The summed E-state index contributed by atoms with van der Waals surface area (Å²) in [6.07, 6.45) is 2.94. The third-order valence-corrected chi connectivity index (χ3v) is 4.33. The average molecular weight is 320 g/mol. The third-order valence-electron chi connectivity index (χ3n) is 4.33. The summed E-state index contributed by atoms with van der Waals surface area (Å²) in [6.45, 7) is 4.20. The van der Waals surface area contributed by atoms with Gasteiger partial charge in [0.15, 0.2) is 0 Å². The van der Waals surface area contributed by atoms with Gasteiger partial charge in [-0.25, -0.2) is 9.97 Å². The van der Waals surface area contributed by atoms with E-state index in [0.717, 1.165) is 53.4 Å². The maximum atomic E-state index is 5.47. The Labute approximate surface area is 141 Å². The quantitative estimate of drug-likeness (QED) is 0.798.